The quantitative estimate of drug-likeness (QED) is 0.731. The molecular weight excluding hydrogens is 329 g/mol. The molecule has 3 rings (SSSR count). The highest BCUT2D eigenvalue weighted by Gasteiger charge is 2.18. The molecule has 3 aromatic rings. The maximum Gasteiger partial charge on any atom is 0.169 e. The van der Waals surface area contributed by atoms with Gasteiger partial charge in [-0.05, 0) is 46.6 Å². The van der Waals surface area contributed by atoms with Crippen LogP contribution in [0.4, 0.5) is 4.39 Å². The van der Waals surface area contributed by atoms with E-state index in [1.54, 1.807) is 23.5 Å². The van der Waals surface area contributed by atoms with Gasteiger partial charge in [-0.15, -0.1) is 11.3 Å². The van der Waals surface area contributed by atoms with Crippen LogP contribution in [0.2, 0.25) is 0 Å². The highest BCUT2D eigenvalue weighted by atomic mass is 79.9. The molecule has 0 spiro atoms. The minimum atomic E-state index is -0.373. The fourth-order valence-electron chi connectivity index (χ4n) is 1.98. The molecule has 1 unspecified atom stereocenters. The van der Waals surface area contributed by atoms with Gasteiger partial charge in [-0.3, -0.25) is 0 Å². The molecule has 5 heteroatoms. The lowest BCUT2D eigenvalue weighted by atomic mass is 10.1. The van der Waals surface area contributed by atoms with Gasteiger partial charge in [0, 0.05) is 10.3 Å². The third-order valence-electron chi connectivity index (χ3n) is 3.00. The van der Waals surface area contributed by atoms with Gasteiger partial charge in [-0.25, -0.2) is 4.39 Å². The highest BCUT2D eigenvalue weighted by Crippen LogP contribution is 2.35. The monoisotopic (exact) mass is 339 g/mol. The molecule has 19 heavy (non-hydrogen) atoms. The summed E-state index contributed by atoms with van der Waals surface area (Å²) in [4.78, 5) is 0.990. The van der Waals surface area contributed by atoms with Gasteiger partial charge in [0.2, 0.25) is 0 Å². The van der Waals surface area contributed by atoms with E-state index < -0.39 is 0 Å². The average Bonchev–Trinajstić information content (AvgIpc) is 2.94. The molecule has 0 amide bonds. The van der Waals surface area contributed by atoms with Gasteiger partial charge < -0.3 is 10.2 Å². The Kier molecular flexibility index (Phi) is 3.20. The number of rotatable bonds is 2. The Morgan fingerprint density at radius 1 is 1.37 bits per heavy atom. The number of fused-ring (bicyclic) bond motifs is 1. The van der Waals surface area contributed by atoms with Crippen molar-refractivity contribution >= 4 is 38.2 Å². The summed E-state index contributed by atoms with van der Waals surface area (Å²) in [7, 11) is 0. The summed E-state index contributed by atoms with van der Waals surface area (Å²) in [6, 6.07) is 8.30. The summed E-state index contributed by atoms with van der Waals surface area (Å²) >= 11 is 5.04. The Morgan fingerprint density at radius 3 is 2.79 bits per heavy atom. The number of benzene rings is 1. The van der Waals surface area contributed by atoms with Crippen LogP contribution >= 0.6 is 27.3 Å². The molecule has 1 atom stereocenters. The van der Waals surface area contributed by atoms with Crippen LogP contribution in [0.25, 0.3) is 11.0 Å². The number of hydrogen-bond acceptors (Lipinski definition) is 3. The van der Waals surface area contributed by atoms with E-state index in [9.17, 15) is 4.39 Å². The fourth-order valence-corrected chi connectivity index (χ4v) is 3.56. The van der Waals surface area contributed by atoms with Gasteiger partial charge in [-0.1, -0.05) is 12.1 Å². The Morgan fingerprint density at radius 2 is 2.16 bits per heavy atom. The minimum absolute atomic E-state index is 0.264. The summed E-state index contributed by atoms with van der Waals surface area (Å²) < 4.78 is 20.2. The van der Waals surface area contributed by atoms with E-state index in [1.807, 2.05) is 19.1 Å². The van der Waals surface area contributed by atoms with E-state index in [4.69, 9.17) is 10.2 Å². The molecule has 2 nitrogen and oxygen atoms in total. The van der Waals surface area contributed by atoms with Crippen LogP contribution in [0.1, 0.15) is 22.2 Å². The fraction of sp³-hybridized carbons (Fsp3) is 0.143. The van der Waals surface area contributed by atoms with Crippen molar-refractivity contribution in [1.82, 2.24) is 0 Å². The zero-order valence-electron chi connectivity index (χ0n) is 10.1. The van der Waals surface area contributed by atoms with Gasteiger partial charge in [0.15, 0.2) is 11.4 Å². The molecule has 2 heterocycles. The lowest BCUT2D eigenvalue weighted by Crippen LogP contribution is -2.08. The number of nitrogens with two attached hydrogens (primary N) is 1. The first-order valence-electron chi connectivity index (χ1n) is 5.75. The summed E-state index contributed by atoms with van der Waals surface area (Å²) in [5.74, 6) is 0.216. The van der Waals surface area contributed by atoms with Gasteiger partial charge in [0.05, 0.1) is 9.83 Å². The van der Waals surface area contributed by atoms with Crippen LogP contribution in [0.3, 0.4) is 0 Å². The SMILES string of the molecule is Cc1cc(C(N)c2cc3cccc(F)c3o2)sc1Br. The van der Waals surface area contributed by atoms with E-state index in [-0.39, 0.29) is 17.4 Å². The van der Waals surface area contributed by atoms with Crippen molar-refractivity contribution in [3.8, 4) is 0 Å². The molecule has 2 aromatic heterocycles. The Hall–Kier alpha value is -1.17. The maximum atomic E-state index is 13.6. The first kappa shape index (κ1) is 12.8. The minimum Gasteiger partial charge on any atom is -0.456 e. The third kappa shape index (κ3) is 2.22. The standard InChI is InChI=1S/C14H11BrFNOS/c1-7-5-11(19-14(7)15)12(17)10-6-8-3-2-4-9(16)13(8)18-10/h2-6,12H,17H2,1H3. The second-order valence-corrected chi connectivity index (χ2v) is 6.79. The summed E-state index contributed by atoms with van der Waals surface area (Å²) in [6.45, 7) is 2.01. The molecule has 0 bridgehead atoms. The van der Waals surface area contributed by atoms with Crippen molar-refractivity contribution in [3.05, 3.63) is 56.1 Å². The van der Waals surface area contributed by atoms with E-state index in [1.165, 1.54) is 6.07 Å². The second-order valence-electron chi connectivity index (χ2n) is 4.39. The zero-order valence-corrected chi connectivity index (χ0v) is 12.5. The zero-order chi connectivity index (χ0) is 13.6. The summed E-state index contributed by atoms with van der Waals surface area (Å²) in [5, 5.41) is 0.734. The van der Waals surface area contributed by atoms with E-state index >= 15 is 0 Å². The van der Waals surface area contributed by atoms with Crippen molar-refractivity contribution in [1.29, 1.82) is 0 Å². The van der Waals surface area contributed by atoms with Crippen LogP contribution in [0.5, 0.6) is 0 Å². The Balaban J connectivity index is 2.06. The average molecular weight is 340 g/mol. The van der Waals surface area contributed by atoms with Crippen LogP contribution in [-0.4, -0.2) is 0 Å². The predicted molar refractivity (Wildman–Crippen MR) is 79.0 cm³/mol. The molecule has 0 saturated heterocycles. The van der Waals surface area contributed by atoms with E-state index in [2.05, 4.69) is 15.9 Å². The summed E-state index contributed by atoms with van der Waals surface area (Å²) in [5.41, 5.74) is 7.59. The van der Waals surface area contributed by atoms with E-state index in [0.717, 1.165) is 19.6 Å². The number of thiophene rings is 1. The number of furan rings is 1. The molecule has 0 aliphatic rings. The normalized spacial score (nSPS) is 13.1. The molecule has 0 radical (unpaired) electrons. The second kappa shape index (κ2) is 4.74. The predicted octanol–water partition coefficient (Wildman–Crippen LogP) is 4.75. The number of para-hydroxylation sites is 1. The third-order valence-corrected chi connectivity index (χ3v) is 5.22. The van der Waals surface area contributed by atoms with Crippen LogP contribution in [0.15, 0.2) is 38.5 Å². The molecule has 98 valence electrons. The Bertz CT molecular complexity index is 730. The molecule has 1 aromatic carbocycles. The molecule has 0 aliphatic heterocycles. The summed E-state index contributed by atoms with van der Waals surface area (Å²) in [6.07, 6.45) is 0. The Labute approximate surface area is 122 Å². The van der Waals surface area contributed by atoms with Gasteiger partial charge in [0.25, 0.3) is 0 Å². The van der Waals surface area contributed by atoms with Crippen LogP contribution in [-0.2, 0) is 0 Å². The van der Waals surface area contributed by atoms with Crippen LogP contribution in [0, 0.1) is 12.7 Å². The smallest absolute Gasteiger partial charge is 0.169 e. The largest absolute Gasteiger partial charge is 0.456 e. The van der Waals surface area contributed by atoms with E-state index in [0.29, 0.717) is 5.76 Å². The number of halogens is 2. The molecule has 0 aliphatic carbocycles. The van der Waals surface area contributed by atoms with Crippen LogP contribution < -0.4 is 5.73 Å². The molecular formula is C14H11BrFNOS. The first-order chi connectivity index (χ1) is 9.06. The van der Waals surface area contributed by atoms with Crippen molar-refractivity contribution in [2.75, 3.05) is 0 Å². The molecule has 0 saturated carbocycles. The first-order valence-corrected chi connectivity index (χ1v) is 7.36. The lowest BCUT2D eigenvalue weighted by molar-refractivity contribution is 0.504. The number of aryl methyl sites for hydroxylation is 1. The maximum absolute atomic E-state index is 13.6. The lowest BCUT2D eigenvalue weighted by Gasteiger charge is -2.04. The van der Waals surface area contributed by atoms with Crippen molar-refractivity contribution in [2.45, 2.75) is 13.0 Å². The molecule has 0 fully saturated rings. The van der Waals surface area contributed by atoms with Gasteiger partial charge in [0.1, 0.15) is 5.76 Å². The topological polar surface area (TPSA) is 39.2 Å². The molecule has 2 N–H and O–H groups in total. The van der Waals surface area contributed by atoms with Gasteiger partial charge >= 0.3 is 0 Å². The van der Waals surface area contributed by atoms with Crippen molar-refractivity contribution in [2.24, 2.45) is 5.73 Å². The van der Waals surface area contributed by atoms with Crippen molar-refractivity contribution < 1.29 is 8.81 Å². The highest BCUT2D eigenvalue weighted by molar-refractivity contribution is 9.11. The number of hydrogen-bond donors (Lipinski definition) is 1. The van der Waals surface area contributed by atoms with Gasteiger partial charge in [-0.2, -0.15) is 0 Å². The van der Waals surface area contributed by atoms with Crippen molar-refractivity contribution in [3.63, 3.8) is 0 Å².